The maximum Gasteiger partial charge on any atom is 0.135 e. The second-order valence-electron chi connectivity index (χ2n) is 4.81. The molecular weight excluding hydrogens is 210 g/mol. The van der Waals surface area contributed by atoms with Gasteiger partial charge in [-0.15, -0.1) is 12.4 Å². The van der Waals surface area contributed by atoms with Crippen molar-refractivity contribution in [2.75, 3.05) is 6.54 Å². The summed E-state index contributed by atoms with van der Waals surface area (Å²) in [6.45, 7) is 0.917. The van der Waals surface area contributed by atoms with Crippen molar-refractivity contribution in [2.45, 2.75) is 57.4 Å². The van der Waals surface area contributed by atoms with E-state index in [2.05, 4.69) is 5.32 Å². The molecule has 88 valence electrons. The lowest BCUT2D eigenvalue weighted by molar-refractivity contribution is -0.121. The molecule has 0 bridgehead atoms. The summed E-state index contributed by atoms with van der Waals surface area (Å²) in [5, 5.41) is 3.53. The summed E-state index contributed by atoms with van der Waals surface area (Å²) in [6.07, 6.45) is 9.77. The predicted molar refractivity (Wildman–Crippen MR) is 64.5 cm³/mol. The van der Waals surface area contributed by atoms with Crippen molar-refractivity contribution in [1.29, 1.82) is 0 Å². The largest absolute Gasteiger partial charge is 0.313 e. The Balaban J connectivity index is 0.00000112. The fraction of sp³-hybridized carbons (Fsp3) is 0.917. The molecule has 1 N–H and O–H groups in total. The molecule has 0 aromatic heterocycles. The summed E-state index contributed by atoms with van der Waals surface area (Å²) in [4.78, 5) is 11.4. The van der Waals surface area contributed by atoms with Crippen molar-refractivity contribution < 1.29 is 4.79 Å². The van der Waals surface area contributed by atoms with Crippen LogP contribution in [0.4, 0.5) is 0 Å². The number of piperidine rings is 1. The summed E-state index contributed by atoms with van der Waals surface area (Å²) in [6, 6.07) is 0.509. The van der Waals surface area contributed by atoms with Gasteiger partial charge in [-0.25, -0.2) is 0 Å². The molecule has 1 unspecified atom stereocenters. The molecular formula is C12H22ClNO. The quantitative estimate of drug-likeness (QED) is 0.704. The molecule has 2 rings (SSSR count). The molecule has 1 aliphatic heterocycles. The van der Waals surface area contributed by atoms with Crippen molar-refractivity contribution in [3.63, 3.8) is 0 Å². The third kappa shape index (κ3) is 3.76. The lowest BCUT2D eigenvalue weighted by Gasteiger charge is -2.30. The Morgan fingerprint density at radius 2 is 1.73 bits per heavy atom. The van der Waals surface area contributed by atoms with Gasteiger partial charge in [0.1, 0.15) is 5.78 Å². The number of Topliss-reactive ketones (excluding diaryl/α,β-unsaturated/α-hetero) is 1. The minimum atomic E-state index is 0. The molecule has 0 spiro atoms. The van der Waals surface area contributed by atoms with Gasteiger partial charge in [0.25, 0.3) is 0 Å². The van der Waals surface area contributed by atoms with Crippen molar-refractivity contribution in [3.8, 4) is 0 Å². The maximum atomic E-state index is 11.4. The van der Waals surface area contributed by atoms with Crippen LogP contribution < -0.4 is 5.32 Å². The van der Waals surface area contributed by atoms with Crippen LogP contribution in [0.15, 0.2) is 0 Å². The van der Waals surface area contributed by atoms with E-state index in [0.29, 0.717) is 11.8 Å². The molecule has 15 heavy (non-hydrogen) atoms. The first-order valence-corrected chi connectivity index (χ1v) is 6.11. The zero-order valence-electron chi connectivity index (χ0n) is 9.34. The third-order valence-corrected chi connectivity index (χ3v) is 3.73. The SMILES string of the molecule is Cl.O=C1CCNC(C2CCCCCC2)C1. The molecule has 2 fully saturated rings. The monoisotopic (exact) mass is 231 g/mol. The molecule has 0 amide bonds. The van der Waals surface area contributed by atoms with Gasteiger partial charge in [0.2, 0.25) is 0 Å². The summed E-state index contributed by atoms with van der Waals surface area (Å²) in [5.41, 5.74) is 0. The number of ketones is 1. The van der Waals surface area contributed by atoms with Crippen molar-refractivity contribution in [1.82, 2.24) is 5.32 Å². The van der Waals surface area contributed by atoms with E-state index in [4.69, 9.17) is 0 Å². The van der Waals surface area contributed by atoms with E-state index in [1.54, 1.807) is 0 Å². The highest BCUT2D eigenvalue weighted by Crippen LogP contribution is 2.28. The average molecular weight is 232 g/mol. The highest BCUT2D eigenvalue weighted by molar-refractivity contribution is 5.85. The summed E-state index contributed by atoms with van der Waals surface area (Å²) in [7, 11) is 0. The van der Waals surface area contributed by atoms with E-state index in [0.717, 1.165) is 25.3 Å². The van der Waals surface area contributed by atoms with Gasteiger partial charge in [0, 0.05) is 25.4 Å². The second kappa shape index (κ2) is 6.49. The minimum absolute atomic E-state index is 0. The first-order valence-electron chi connectivity index (χ1n) is 6.11. The minimum Gasteiger partial charge on any atom is -0.313 e. The number of hydrogen-bond donors (Lipinski definition) is 1. The zero-order valence-corrected chi connectivity index (χ0v) is 10.2. The van der Waals surface area contributed by atoms with Gasteiger partial charge < -0.3 is 5.32 Å². The fourth-order valence-electron chi connectivity index (χ4n) is 2.86. The molecule has 0 aromatic carbocycles. The Bertz CT molecular complexity index is 200. The molecule has 1 atom stereocenters. The zero-order chi connectivity index (χ0) is 9.80. The molecule has 2 aliphatic rings. The third-order valence-electron chi connectivity index (χ3n) is 3.73. The Morgan fingerprint density at radius 1 is 1.07 bits per heavy atom. The molecule has 1 heterocycles. The van der Waals surface area contributed by atoms with Gasteiger partial charge in [0.05, 0.1) is 0 Å². The van der Waals surface area contributed by atoms with Crippen LogP contribution >= 0.6 is 12.4 Å². The van der Waals surface area contributed by atoms with Gasteiger partial charge in [-0.05, 0) is 18.8 Å². The van der Waals surface area contributed by atoms with Crippen LogP contribution in [0.5, 0.6) is 0 Å². The molecule has 1 saturated carbocycles. The van der Waals surface area contributed by atoms with E-state index >= 15 is 0 Å². The standard InChI is InChI=1S/C12H21NO.ClH/c14-11-7-8-13-12(9-11)10-5-3-1-2-4-6-10;/h10,12-13H,1-9H2;1H. The van der Waals surface area contributed by atoms with E-state index < -0.39 is 0 Å². The summed E-state index contributed by atoms with van der Waals surface area (Å²) >= 11 is 0. The van der Waals surface area contributed by atoms with Crippen LogP contribution in [0.1, 0.15) is 51.4 Å². The topological polar surface area (TPSA) is 29.1 Å². The Morgan fingerprint density at radius 3 is 2.33 bits per heavy atom. The van der Waals surface area contributed by atoms with Gasteiger partial charge >= 0.3 is 0 Å². The first kappa shape index (κ1) is 13.0. The van der Waals surface area contributed by atoms with Crippen molar-refractivity contribution in [2.24, 2.45) is 5.92 Å². The number of hydrogen-bond acceptors (Lipinski definition) is 2. The van der Waals surface area contributed by atoms with Gasteiger partial charge in [-0.3, -0.25) is 4.79 Å². The van der Waals surface area contributed by atoms with E-state index in [-0.39, 0.29) is 12.4 Å². The highest BCUT2D eigenvalue weighted by Gasteiger charge is 2.26. The van der Waals surface area contributed by atoms with Crippen molar-refractivity contribution in [3.05, 3.63) is 0 Å². The van der Waals surface area contributed by atoms with Crippen molar-refractivity contribution >= 4 is 18.2 Å². The van der Waals surface area contributed by atoms with Crippen LogP contribution in [0, 0.1) is 5.92 Å². The van der Waals surface area contributed by atoms with Crippen LogP contribution in [0.25, 0.3) is 0 Å². The fourth-order valence-corrected chi connectivity index (χ4v) is 2.86. The average Bonchev–Trinajstić information content (AvgIpc) is 2.45. The summed E-state index contributed by atoms with van der Waals surface area (Å²) in [5.74, 6) is 1.25. The molecule has 1 saturated heterocycles. The Kier molecular flexibility index (Phi) is 5.62. The highest BCUT2D eigenvalue weighted by atomic mass is 35.5. The number of carbonyl (C=O) groups excluding carboxylic acids is 1. The normalized spacial score (nSPS) is 29.3. The van der Waals surface area contributed by atoms with Crippen LogP contribution in [-0.2, 0) is 4.79 Å². The van der Waals surface area contributed by atoms with Gasteiger partial charge in [-0.1, -0.05) is 25.7 Å². The van der Waals surface area contributed by atoms with Crippen LogP contribution in [-0.4, -0.2) is 18.4 Å². The predicted octanol–water partition coefficient (Wildman–Crippen LogP) is 2.70. The molecule has 3 heteroatoms. The molecule has 1 aliphatic carbocycles. The molecule has 0 aromatic rings. The van der Waals surface area contributed by atoms with Gasteiger partial charge in [0.15, 0.2) is 0 Å². The van der Waals surface area contributed by atoms with E-state index in [1.807, 2.05) is 0 Å². The van der Waals surface area contributed by atoms with Gasteiger partial charge in [-0.2, -0.15) is 0 Å². The van der Waals surface area contributed by atoms with E-state index in [9.17, 15) is 4.79 Å². The molecule has 0 radical (unpaired) electrons. The Hall–Kier alpha value is -0.0800. The number of halogens is 1. The molecule has 2 nitrogen and oxygen atoms in total. The smallest absolute Gasteiger partial charge is 0.135 e. The second-order valence-corrected chi connectivity index (χ2v) is 4.81. The Labute approximate surface area is 98.6 Å². The van der Waals surface area contributed by atoms with E-state index in [1.165, 1.54) is 38.5 Å². The van der Waals surface area contributed by atoms with Crippen LogP contribution in [0.2, 0.25) is 0 Å². The maximum absolute atomic E-state index is 11.4. The number of nitrogens with one attached hydrogen (secondary N) is 1. The lowest BCUT2D eigenvalue weighted by atomic mass is 9.86. The lowest BCUT2D eigenvalue weighted by Crippen LogP contribution is -2.43. The van der Waals surface area contributed by atoms with Crippen LogP contribution in [0.3, 0.4) is 0 Å². The summed E-state index contributed by atoms with van der Waals surface area (Å²) < 4.78 is 0. The first-order chi connectivity index (χ1) is 6.86. The number of rotatable bonds is 1. The number of carbonyl (C=O) groups is 1.